The molecule has 102 valence electrons. The second-order valence-corrected chi connectivity index (χ2v) is 5.31. The minimum absolute atomic E-state index is 0.685. The fourth-order valence-electron chi connectivity index (χ4n) is 2.80. The predicted molar refractivity (Wildman–Crippen MR) is 87.3 cm³/mol. The Hall–Kier alpha value is -2.81. The molecule has 0 bridgehead atoms. The summed E-state index contributed by atoms with van der Waals surface area (Å²) in [6, 6.07) is 18.6. The molecule has 0 saturated carbocycles. The van der Waals surface area contributed by atoms with Crippen molar-refractivity contribution in [3.05, 3.63) is 66.4 Å². The van der Waals surface area contributed by atoms with E-state index < -0.39 is 0 Å². The lowest BCUT2D eigenvalue weighted by Gasteiger charge is -2.05. The Kier molecular flexibility index (Phi) is 2.48. The van der Waals surface area contributed by atoms with Gasteiger partial charge in [-0.2, -0.15) is 0 Å². The summed E-state index contributed by atoms with van der Waals surface area (Å²) in [5.74, 6) is 0.685. The number of hydrogen-bond donors (Lipinski definition) is 1. The van der Waals surface area contributed by atoms with Gasteiger partial charge in [0.1, 0.15) is 17.2 Å². The van der Waals surface area contributed by atoms with E-state index in [2.05, 4.69) is 37.3 Å². The number of benzene rings is 2. The second kappa shape index (κ2) is 4.35. The Bertz CT molecular complexity index is 961. The molecule has 4 rings (SSSR count). The van der Waals surface area contributed by atoms with Crippen LogP contribution >= 0.6 is 0 Å². The lowest BCUT2D eigenvalue weighted by molar-refractivity contribution is 1.16. The number of imidazole rings is 1. The quantitative estimate of drug-likeness (QED) is 0.568. The summed E-state index contributed by atoms with van der Waals surface area (Å²) in [6.45, 7) is 2.05. The molecule has 0 spiro atoms. The van der Waals surface area contributed by atoms with Crippen molar-refractivity contribution in [3.63, 3.8) is 0 Å². The molecule has 0 aliphatic heterocycles. The van der Waals surface area contributed by atoms with Crippen molar-refractivity contribution in [2.45, 2.75) is 6.92 Å². The van der Waals surface area contributed by atoms with Gasteiger partial charge in [-0.25, -0.2) is 4.98 Å². The molecule has 0 atom stereocenters. The molecule has 0 amide bonds. The normalized spacial score (nSPS) is 11.3. The third kappa shape index (κ3) is 1.78. The van der Waals surface area contributed by atoms with Crippen LogP contribution in [-0.2, 0) is 0 Å². The summed E-state index contributed by atoms with van der Waals surface area (Å²) >= 11 is 0. The van der Waals surface area contributed by atoms with Crippen molar-refractivity contribution in [2.75, 3.05) is 5.73 Å². The van der Waals surface area contributed by atoms with E-state index in [4.69, 9.17) is 10.7 Å². The maximum absolute atomic E-state index is 6.33. The highest BCUT2D eigenvalue weighted by Gasteiger charge is 2.13. The summed E-state index contributed by atoms with van der Waals surface area (Å²) < 4.78 is 1.95. The van der Waals surface area contributed by atoms with Crippen molar-refractivity contribution < 1.29 is 0 Å². The molecular weight excluding hydrogens is 258 g/mol. The number of anilines is 1. The number of aromatic nitrogens is 2. The van der Waals surface area contributed by atoms with Gasteiger partial charge in [-0.15, -0.1) is 0 Å². The SMILES string of the molecule is Cc1ccc2nc(-c3cccc4ccccc34)c(N)n2c1. The smallest absolute Gasteiger partial charge is 0.139 e. The molecular formula is C18H15N3. The summed E-state index contributed by atoms with van der Waals surface area (Å²) in [4.78, 5) is 4.71. The van der Waals surface area contributed by atoms with Crippen LogP contribution in [0.4, 0.5) is 5.82 Å². The molecule has 0 fully saturated rings. The first-order valence-corrected chi connectivity index (χ1v) is 6.96. The summed E-state index contributed by atoms with van der Waals surface area (Å²) in [5.41, 5.74) is 10.3. The largest absolute Gasteiger partial charge is 0.383 e. The summed E-state index contributed by atoms with van der Waals surface area (Å²) in [7, 11) is 0. The van der Waals surface area contributed by atoms with E-state index in [1.807, 2.05) is 34.9 Å². The van der Waals surface area contributed by atoms with Crippen molar-refractivity contribution in [1.82, 2.24) is 9.38 Å². The Balaban J connectivity index is 2.07. The van der Waals surface area contributed by atoms with E-state index in [1.165, 1.54) is 10.8 Å². The van der Waals surface area contributed by atoms with Crippen molar-refractivity contribution in [1.29, 1.82) is 0 Å². The third-order valence-corrected chi connectivity index (χ3v) is 3.85. The van der Waals surface area contributed by atoms with Gasteiger partial charge in [0, 0.05) is 11.8 Å². The molecule has 0 saturated heterocycles. The van der Waals surface area contributed by atoms with Crippen molar-refractivity contribution in [3.8, 4) is 11.3 Å². The first-order valence-electron chi connectivity index (χ1n) is 6.96. The predicted octanol–water partition coefficient (Wildman–Crippen LogP) is 4.05. The number of nitrogens with zero attached hydrogens (tertiary/aromatic N) is 2. The maximum atomic E-state index is 6.33. The fourth-order valence-corrected chi connectivity index (χ4v) is 2.80. The molecule has 2 aromatic carbocycles. The van der Waals surface area contributed by atoms with Gasteiger partial charge in [-0.1, -0.05) is 48.5 Å². The number of hydrogen-bond acceptors (Lipinski definition) is 2. The minimum Gasteiger partial charge on any atom is -0.383 e. The van der Waals surface area contributed by atoms with E-state index in [1.54, 1.807) is 0 Å². The lowest BCUT2D eigenvalue weighted by atomic mass is 10.0. The Labute approximate surface area is 122 Å². The summed E-state index contributed by atoms with van der Waals surface area (Å²) in [5, 5.41) is 2.37. The highest BCUT2D eigenvalue weighted by Crippen LogP contribution is 2.32. The number of rotatable bonds is 1. The Morgan fingerprint density at radius 2 is 1.76 bits per heavy atom. The Morgan fingerprint density at radius 1 is 0.952 bits per heavy atom. The van der Waals surface area contributed by atoms with E-state index in [0.717, 1.165) is 22.5 Å². The van der Waals surface area contributed by atoms with Gasteiger partial charge < -0.3 is 5.73 Å². The van der Waals surface area contributed by atoms with Crippen LogP contribution in [0.5, 0.6) is 0 Å². The first-order chi connectivity index (χ1) is 10.2. The zero-order valence-electron chi connectivity index (χ0n) is 11.7. The van der Waals surface area contributed by atoms with E-state index in [9.17, 15) is 0 Å². The molecule has 0 aliphatic carbocycles. The zero-order valence-corrected chi connectivity index (χ0v) is 11.7. The van der Waals surface area contributed by atoms with Crippen molar-refractivity contribution in [2.24, 2.45) is 0 Å². The van der Waals surface area contributed by atoms with Crippen LogP contribution in [0.25, 0.3) is 27.7 Å². The number of nitrogens with two attached hydrogens (primary N) is 1. The van der Waals surface area contributed by atoms with Gasteiger partial charge in [0.25, 0.3) is 0 Å². The highest BCUT2D eigenvalue weighted by molar-refractivity contribution is 5.98. The van der Waals surface area contributed by atoms with Crippen LogP contribution in [0.2, 0.25) is 0 Å². The average Bonchev–Trinajstić information content (AvgIpc) is 2.83. The molecule has 2 N–H and O–H groups in total. The molecule has 2 aromatic heterocycles. The highest BCUT2D eigenvalue weighted by atomic mass is 15.1. The molecule has 4 aromatic rings. The van der Waals surface area contributed by atoms with Crippen LogP contribution in [0, 0.1) is 6.92 Å². The molecule has 21 heavy (non-hydrogen) atoms. The number of nitrogen functional groups attached to an aromatic ring is 1. The number of pyridine rings is 1. The standard InChI is InChI=1S/C18H15N3/c1-12-9-10-16-20-17(18(19)21(16)11-12)15-8-4-6-13-5-2-3-7-14(13)15/h2-11H,19H2,1H3. The summed E-state index contributed by atoms with van der Waals surface area (Å²) in [6.07, 6.45) is 2.02. The van der Waals surface area contributed by atoms with Crippen LogP contribution in [0.15, 0.2) is 60.8 Å². The average molecular weight is 273 g/mol. The minimum atomic E-state index is 0.685. The van der Waals surface area contributed by atoms with Crippen LogP contribution in [-0.4, -0.2) is 9.38 Å². The number of fused-ring (bicyclic) bond motifs is 2. The topological polar surface area (TPSA) is 43.3 Å². The van der Waals surface area contributed by atoms with Gasteiger partial charge in [0.15, 0.2) is 0 Å². The van der Waals surface area contributed by atoms with Gasteiger partial charge in [0.2, 0.25) is 0 Å². The number of aryl methyl sites for hydroxylation is 1. The van der Waals surface area contributed by atoms with Gasteiger partial charge in [-0.3, -0.25) is 4.40 Å². The molecule has 3 heteroatoms. The van der Waals surface area contributed by atoms with Crippen LogP contribution in [0.3, 0.4) is 0 Å². The maximum Gasteiger partial charge on any atom is 0.139 e. The van der Waals surface area contributed by atoms with E-state index in [-0.39, 0.29) is 0 Å². The van der Waals surface area contributed by atoms with E-state index >= 15 is 0 Å². The monoisotopic (exact) mass is 273 g/mol. The van der Waals surface area contributed by atoms with Gasteiger partial charge in [-0.05, 0) is 29.3 Å². The molecule has 0 radical (unpaired) electrons. The van der Waals surface area contributed by atoms with Gasteiger partial charge in [0.05, 0.1) is 0 Å². The fraction of sp³-hybridized carbons (Fsp3) is 0.0556. The van der Waals surface area contributed by atoms with Crippen LogP contribution < -0.4 is 5.73 Å². The third-order valence-electron chi connectivity index (χ3n) is 3.85. The van der Waals surface area contributed by atoms with Crippen LogP contribution in [0.1, 0.15) is 5.56 Å². The van der Waals surface area contributed by atoms with Crippen molar-refractivity contribution >= 4 is 22.2 Å². The lowest BCUT2D eigenvalue weighted by Crippen LogP contribution is -1.94. The van der Waals surface area contributed by atoms with Gasteiger partial charge >= 0.3 is 0 Å². The van der Waals surface area contributed by atoms with E-state index in [0.29, 0.717) is 5.82 Å². The Morgan fingerprint density at radius 3 is 2.67 bits per heavy atom. The first kappa shape index (κ1) is 12.0. The molecule has 0 aliphatic rings. The molecule has 2 heterocycles. The molecule has 0 unspecified atom stereocenters. The molecule has 3 nitrogen and oxygen atoms in total. The second-order valence-electron chi connectivity index (χ2n) is 5.31. The zero-order chi connectivity index (χ0) is 14.4.